The molecule has 0 unspecified atom stereocenters. The zero-order valence-corrected chi connectivity index (χ0v) is 14.8. The lowest BCUT2D eigenvalue weighted by Crippen LogP contribution is -1.80. The minimum Gasteiger partial charge on any atom is -0.411 e. The number of benzene rings is 2. The standard InChI is InChI=1S/C15H10Br2N2OS/c16-12-5-1-10(2-6-12)9-21-15-19-18-14(20-15)11-3-7-13(17)8-4-11/h1-8H,9H2. The van der Waals surface area contributed by atoms with E-state index in [-0.39, 0.29) is 0 Å². The van der Waals surface area contributed by atoms with Gasteiger partial charge in [-0.3, -0.25) is 0 Å². The van der Waals surface area contributed by atoms with Crippen LogP contribution in [0.25, 0.3) is 11.5 Å². The number of hydrogen-bond donors (Lipinski definition) is 0. The van der Waals surface area contributed by atoms with Crippen molar-refractivity contribution in [1.82, 2.24) is 10.2 Å². The maximum atomic E-state index is 5.67. The molecule has 1 heterocycles. The molecule has 3 rings (SSSR count). The second-order valence-corrected chi connectivity index (χ2v) is 7.05. The van der Waals surface area contributed by atoms with Crippen LogP contribution in [0.1, 0.15) is 5.56 Å². The van der Waals surface area contributed by atoms with Gasteiger partial charge in [0.2, 0.25) is 5.89 Å². The Morgan fingerprint density at radius 1 is 0.857 bits per heavy atom. The summed E-state index contributed by atoms with van der Waals surface area (Å²) < 4.78 is 7.77. The molecule has 106 valence electrons. The van der Waals surface area contributed by atoms with Crippen LogP contribution in [0.15, 0.2) is 67.1 Å². The third kappa shape index (κ3) is 3.96. The Morgan fingerprint density at radius 3 is 2.14 bits per heavy atom. The van der Waals surface area contributed by atoms with Crippen molar-refractivity contribution >= 4 is 43.6 Å². The number of rotatable bonds is 4. The highest BCUT2D eigenvalue weighted by Crippen LogP contribution is 2.26. The molecule has 0 aliphatic heterocycles. The van der Waals surface area contributed by atoms with Gasteiger partial charge in [0.05, 0.1) is 0 Å². The summed E-state index contributed by atoms with van der Waals surface area (Å²) in [5.41, 5.74) is 2.13. The van der Waals surface area contributed by atoms with Crippen molar-refractivity contribution in [3.63, 3.8) is 0 Å². The van der Waals surface area contributed by atoms with E-state index in [2.05, 4.69) is 54.2 Å². The van der Waals surface area contributed by atoms with Crippen molar-refractivity contribution in [2.75, 3.05) is 0 Å². The fraction of sp³-hybridized carbons (Fsp3) is 0.0667. The molecular formula is C15H10Br2N2OS. The van der Waals surface area contributed by atoms with E-state index in [1.165, 1.54) is 17.3 Å². The molecule has 1 aromatic heterocycles. The summed E-state index contributed by atoms with van der Waals surface area (Å²) in [6, 6.07) is 16.0. The van der Waals surface area contributed by atoms with Gasteiger partial charge in [-0.1, -0.05) is 55.8 Å². The molecule has 21 heavy (non-hydrogen) atoms. The SMILES string of the molecule is Brc1ccc(CSc2nnc(-c3ccc(Br)cc3)o2)cc1. The summed E-state index contributed by atoms with van der Waals surface area (Å²) >= 11 is 8.36. The van der Waals surface area contributed by atoms with Gasteiger partial charge in [-0.2, -0.15) is 0 Å². The van der Waals surface area contributed by atoms with Gasteiger partial charge in [0.25, 0.3) is 5.22 Å². The first-order chi connectivity index (χ1) is 10.2. The van der Waals surface area contributed by atoms with Crippen LogP contribution in [-0.4, -0.2) is 10.2 Å². The van der Waals surface area contributed by atoms with E-state index in [1.807, 2.05) is 36.4 Å². The molecule has 2 aromatic carbocycles. The number of nitrogens with zero attached hydrogens (tertiary/aromatic N) is 2. The van der Waals surface area contributed by atoms with Crippen molar-refractivity contribution in [3.8, 4) is 11.5 Å². The lowest BCUT2D eigenvalue weighted by molar-refractivity contribution is 0.466. The zero-order chi connectivity index (χ0) is 14.7. The molecular weight excluding hydrogens is 416 g/mol. The Kier molecular flexibility index (Phi) is 4.77. The predicted molar refractivity (Wildman–Crippen MR) is 91.1 cm³/mol. The van der Waals surface area contributed by atoms with Gasteiger partial charge in [0, 0.05) is 20.3 Å². The molecule has 0 aliphatic carbocycles. The highest BCUT2D eigenvalue weighted by molar-refractivity contribution is 9.10. The smallest absolute Gasteiger partial charge is 0.277 e. The molecule has 0 atom stereocenters. The van der Waals surface area contributed by atoms with Crippen LogP contribution in [0.2, 0.25) is 0 Å². The first-order valence-corrected chi connectivity index (χ1v) is 8.74. The van der Waals surface area contributed by atoms with Crippen LogP contribution in [0.5, 0.6) is 0 Å². The van der Waals surface area contributed by atoms with E-state index in [0.29, 0.717) is 11.1 Å². The molecule has 0 aliphatic rings. The minimum atomic E-state index is 0.542. The fourth-order valence-electron chi connectivity index (χ4n) is 1.70. The maximum Gasteiger partial charge on any atom is 0.277 e. The Hall–Kier alpha value is -1.11. The van der Waals surface area contributed by atoms with Crippen LogP contribution in [0.3, 0.4) is 0 Å². The molecule has 0 saturated heterocycles. The lowest BCUT2D eigenvalue weighted by atomic mass is 10.2. The highest BCUT2D eigenvalue weighted by Gasteiger charge is 2.09. The summed E-state index contributed by atoms with van der Waals surface area (Å²) in [5, 5.41) is 8.73. The number of halogens is 2. The van der Waals surface area contributed by atoms with Crippen molar-refractivity contribution in [2.45, 2.75) is 11.0 Å². The fourth-order valence-corrected chi connectivity index (χ4v) is 2.95. The number of thioether (sulfide) groups is 1. The molecule has 0 bridgehead atoms. The molecule has 0 saturated carbocycles. The van der Waals surface area contributed by atoms with E-state index >= 15 is 0 Å². The largest absolute Gasteiger partial charge is 0.411 e. The molecule has 3 nitrogen and oxygen atoms in total. The molecule has 3 aromatic rings. The molecule has 0 N–H and O–H groups in total. The summed E-state index contributed by atoms with van der Waals surface area (Å²) in [5.74, 6) is 1.34. The zero-order valence-electron chi connectivity index (χ0n) is 10.8. The second-order valence-electron chi connectivity index (χ2n) is 4.30. The van der Waals surface area contributed by atoms with Gasteiger partial charge in [0.15, 0.2) is 0 Å². The van der Waals surface area contributed by atoms with E-state index in [9.17, 15) is 0 Å². The average Bonchev–Trinajstić information content (AvgIpc) is 2.96. The normalized spacial score (nSPS) is 10.8. The third-order valence-corrected chi connectivity index (χ3v) is 4.72. The van der Waals surface area contributed by atoms with Crippen LogP contribution in [0.4, 0.5) is 0 Å². The van der Waals surface area contributed by atoms with Crippen LogP contribution >= 0.6 is 43.6 Å². The van der Waals surface area contributed by atoms with Crippen molar-refractivity contribution in [3.05, 3.63) is 63.0 Å². The molecule has 0 radical (unpaired) electrons. The quantitative estimate of drug-likeness (QED) is 0.513. The molecule has 0 amide bonds. The van der Waals surface area contributed by atoms with Gasteiger partial charge >= 0.3 is 0 Å². The van der Waals surface area contributed by atoms with E-state index in [0.717, 1.165) is 20.3 Å². The van der Waals surface area contributed by atoms with Gasteiger partial charge in [0.1, 0.15) is 0 Å². The Morgan fingerprint density at radius 2 is 1.48 bits per heavy atom. The van der Waals surface area contributed by atoms with Crippen LogP contribution in [-0.2, 0) is 5.75 Å². The van der Waals surface area contributed by atoms with Crippen molar-refractivity contribution in [1.29, 1.82) is 0 Å². The summed E-state index contributed by atoms with van der Waals surface area (Å²) in [6.45, 7) is 0. The maximum absolute atomic E-state index is 5.67. The second kappa shape index (κ2) is 6.77. The van der Waals surface area contributed by atoms with Gasteiger partial charge in [-0.25, -0.2) is 0 Å². The van der Waals surface area contributed by atoms with Crippen LogP contribution < -0.4 is 0 Å². The first-order valence-electron chi connectivity index (χ1n) is 6.17. The monoisotopic (exact) mass is 424 g/mol. The van der Waals surface area contributed by atoms with E-state index in [4.69, 9.17) is 4.42 Å². The Labute approximate surface area is 143 Å². The van der Waals surface area contributed by atoms with Crippen molar-refractivity contribution < 1.29 is 4.42 Å². The predicted octanol–water partition coefficient (Wildman–Crippen LogP) is 5.55. The Bertz CT molecular complexity index is 726. The summed E-state index contributed by atoms with van der Waals surface area (Å²) in [6.07, 6.45) is 0. The average molecular weight is 426 g/mol. The Balaban J connectivity index is 1.67. The number of aromatic nitrogens is 2. The van der Waals surface area contributed by atoms with E-state index in [1.54, 1.807) is 0 Å². The molecule has 0 spiro atoms. The highest BCUT2D eigenvalue weighted by atomic mass is 79.9. The first kappa shape index (κ1) is 14.8. The minimum absolute atomic E-state index is 0.542. The summed E-state index contributed by atoms with van der Waals surface area (Å²) in [4.78, 5) is 0. The molecule has 0 fully saturated rings. The summed E-state index contributed by atoms with van der Waals surface area (Å²) in [7, 11) is 0. The van der Waals surface area contributed by atoms with Gasteiger partial charge < -0.3 is 4.42 Å². The lowest BCUT2D eigenvalue weighted by Gasteiger charge is -1.98. The molecule has 6 heteroatoms. The number of hydrogen-bond acceptors (Lipinski definition) is 4. The topological polar surface area (TPSA) is 38.9 Å². The van der Waals surface area contributed by atoms with Gasteiger partial charge in [-0.05, 0) is 42.0 Å². The third-order valence-electron chi connectivity index (χ3n) is 2.77. The van der Waals surface area contributed by atoms with Crippen LogP contribution in [0, 0.1) is 0 Å². The van der Waals surface area contributed by atoms with Crippen molar-refractivity contribution in [2.24, 2.45) is 0 Å². The van der Waals surface area contributed by atoms with E-state index < -0.39 is 0 Å². The van der Waals surface area contributed by atoms with Gasteiger partial charge in [-0.15, -0.1) is 10.2 Å².